The summed E-state index contributed by atoms with van der Waals surface area (Å²) in [6.07, 6.45) is 1.84. The highest BCUT2D eigenvalue weighted by atomic mass is 16.5. The SMILES string of the molecule is CCC(C)(C)OCCCNC(=O)NC. The Morgan fingerprint density at radius 2 is 2.07 bits per heavy atom. The summed E-state index contributed by atoms with van der Waals surface area (Å²) < 4.78 is 5.62. The third-order valence-corrected chi connectivity index (χ3v) is 2.18. The molecule has 0 rings (SSSR count). The third-order valence-electron chi connectivity index (χ3n) is 2.18. The third kappa shape index (κ3) is 6.71. The minimum absolute atomic E-state index is 0.0486. The summed E-state index contributed by atoms with van der Waals surface area (Å²) in [7, 11) is 1.60. The molecular formula is C10H22N2O2. The van der Waals surface area contributed by atoms with Gasteiger partial charge in [-0.25, -0.2) is 4.79 Å². The van der Waals surface area contributed by atoms with E-state index in [1.807, 2.05) is 0 Å². The first kappa shape index (κ1) is 13.2. The van der Waals surface area contributed by atoms with E-state index in [0.717, 1.165) is 12.8 Å². The second-order valence-corrected chi connectivity index (χ2v) is 3.82. The van der Waals surface area contributed by atoms with Gasteiger partial charge in [0.1, 0.15) is 0 Å². The topological polar surface area (TPSA) is 50.4 Å². The molecule has 0 spiro atoms. The van der Waals surface area contributed by atoms with Crippen LogP contribution in [0.15, 0.2) is 0 Å². The highest BCUT2D eigenvalue weighted by molar-refractivity contribution is 5.73. The lowest BCUT2D eigenvalue weighted by molar-refractivity contribution is -0.0205. The average Bonchev–Trinajstić information content (AvgIpc) is 2.17. The van der Waals surface area contributed by atoms with Crippen molar-refractivity contribution in [2.75, 3.05) is 20.2 Å². The number of hydrogen-bond acceptors (Lipinski definition) is 2. The number of carbonyl (C=O) groups excluding carboxylic acids is 1. The number of carbonyl (C=O) groups is 1. The zero-order chi connectivity index (χ0) is 11.0. The molecule has 14 heavy (non-hydrogen) atoms. The van der Waals surface area contributed by atoms with Gasteiger partial charge >= 0.3 is 6.03 Å². The molecule has 0 bridgehead atoms. The van der Waals surface area contributed by atoms with Crippen LogP contribution in [0.4, 0.5) is 4.79 Å². The smallest absolute Gasteiger partial charge is 0.314 e. The first-order chi connectivity index (χ1) is 6.52. The molecule has 0 atom stereocenters. The molecule has 4 nitrogen and oxygen atoms in total. The minimum Gasteiger partial charge on any atom is -0.376 e. The maximum Gasteiger partial charge on any atom is 0.314 e. The second kappa shape index (κ2) is 6.65. The van der Waals surface area contributed by atoms with E-state index in [1.165, 1.54) is 0 Å². The van der Waals surface area contributed by atoms with Crippen LogP contribution >= 0.6 is 0 Å². The van der Waals surface area contributed by atoms with Crippen molar-refractivity contribution in [3.8, 4) is 0 Å². The number of rotatable bonds is 6. The Balaban J connectivity index is 3.34. The molecule has 0 aliphatic rings. The van der Waals surface area contributed by atoms with Crippen LogP contribution in [0, 0.1) is 0 Å². The van der Waals surface area contributed by atoms with Crippen molar-refractivity contribution < 1.29 is 9.53 Å². The second-order valence-electron chi connectivity index (χ2n) is 3.82. The van der Waals surface area contributed by atoms with E-state index in [0.29, 0.717) is 13.2 Å². The van der Waals surface area contributed by atoms with Crippen LogP contribution in [0.1, 0.15) is 33.6 Å². The summed E-state index contributed by atoms with van der Waals surface area (Å²) in [6.45, 7) is 7.57. The van der Waals surface area contributed by atoms with Gasteiger partial charge in [0.05, 0.1) is 5.60 Å². The van der Waals surface area contributed by atoms with E-state index in [4.69, 9.17) is 4.74 Å². The Morgan fingerprint density at radius 1 is 1.43 bits per heavy atom. The van der Waals surface area contributed by atoms with E-state index in [2.05, 4.69) is 31.4 Å². The molecule has 0 aromatic heterocycles. The van der Waals surface area contributed by atoms with Crippen molar-refractivity contribution in [3.63, 3.8) is 0 Å². The summed E-state index contributed by atoms with van der Waals surface area (Å²) in [4.78, 5) is 10.8. The summed E-state index contributed by atoms with van der Waals surface area (Å²) in [5.74, 6) is 0. The maximum atomic E-state index is 10.8. The van der Waals surface area contributed by atoms with Gasteiger partial charge in [0.2, 0.25) is 0 Å². The summed E-state index contributed by atoms with van der Waals surface area (Å²) in [5, 5.41) is 5.20. The Bertz CT molecular complexity index is 170. The molecule has 84 valence electrons. The molecule has 0 saturated heterocycles. The number of amides is 2. The van der Waals surface area contributed by atoms with Crippen LogP contribution in [-0.4, -0.2) is 31.8 Å². The molecular weight excluding hydrogens is 180 g/mol. The highest BCUT2D eigenvalue weighted by Crippen LogP contribution is 2.13. The molecule has 4 heteroatoms. The molecule has 0 fully saturated rings. The predicted molar refractivity (Wildman–Crippen MR) is 57.4 cm³/mol. The normalized spacial score (nSPS) is 11.1. The van der Waals surface area contributed by atoms with Gasteiger partial charge in [0.25, 0.3) is 0 Å². The largest absolute Gasteiger partial charge is 0.376 e. The van der Waals surface area contributed by atoms with E-state index < -0.39 is 0 Å². The fourth-order valence-corrected chi connectivity index (χ4v) is 0.813. The monoisotopic (exact) mass is 202 g/mol. The number of urea groups is 1. The van der Waals surface area contributed by atoms with Crippen LogP contribution in [0.25, 0.3) is 0 Å². The van der Waals surface area contributed by atoms with E-state index in [-0.39, 0.29) is 11.6 Å². The van der Waals surface area contributed by atoms with Crippen molar-refractivity contribution in [2.45, 2.75) is 39.2 Å². The Hall–Kier alpha value is -0.770. The van der Waals surface area contributed by atoms with Crippen LogP contribution in [0.2, 0.25) is 0 Å². The van der Waals surface area contributed by atoms with Gasteiger partial charge in [0, 0.05) is 20.2 Å². The highest BCUT2D eigenvalue weighted by Gasteiger charge is 2.14. The van der Waals surface area contributed by atoms with Crippen LogP contribution in [-0.2, 0) is 4.74 Å². The van der Waals surface area contributed by atoms with Gasteiger partial charge in [-0.2, -0.15) is 0 Å². The minimum atomic E-state index is -0.139. The predicted octanol–water partition coefficient (Wildman–Crippen LogP) is 1.51. The van der Waals surface area contributed by atoms with Crippen molar-refractivity contribution >= 4 is 6.03 Å². The zero-order valence-electron chi connectivity index (χ0n) is 9.64. The van der Waals surface area contributed by atoms with E-state index >= 15 is 0 Å². The van der Waals surface area contributed by atoms with Crippen molar-refractivity contribution in [1.82, 2.24) is 10.6 Å². The van der Waals surface area contributed by atoms with Gasteiger partial charge < -0.3 is 15.4 Å². The standard InChI is InChI=1S/C10H22N2O2/c1-5-10(2,3)14-8-6-7-12-9(13)11-4/h5-8H2,1-4H3,(H2,11,12,13). The number of hydrogen-bond donors (Lipinski definition) is 2. The summed E-state index contributed by atoms with van der Waals surface area (Å²) >= 11 is 0. The fourth-order valence-electron chi connectivity index (χ4n) is 0.813. The zero-order valence-corrected chi connectivity index (χ0v) is 9.64. The van der Waals surface area contributed by atoms with Gasteiger partial charge in [-0.05, 0) is 26.7 Å². The summed E-state index contributed by atoms with van der Waals surface area (Å²) in [5.41, 5.74) is -0.0486. The van der Waals surface area contributed by atoms with Crippen molar-refractivity contribution in [3.05, 3.63) is 0 Å². The lowest BCUT2D eigenvalue weighted by atomic mass is 10.1. The van der Waals surface area contributed by atoms with Gasteiger partial charge in [-0.15, -0.1) is 0 Å². The van der Waals surface area contributed by atoms with Gasteiger partial charge in [-0.3, -0.25) is 0 Å². The molecule has 0 radical (unpaired) electrons. The summed E-state index contributed by atoms with van der Waals surface area (Å²) in [6, 6.07) is -0.139. The molecule has 0 heterocycles. The van der Waals surface area contributed by atoms with Gasteiger partial charge in [0.15, 0.2) is 0 Å². The number of ether oxygens (including phenoxy) is 1. The van der Waals surface area contributed by atoms with Gasteiger partial charge in [-0.1, -0.05) is 6.92 Å². The molecule has 2 amide bonds. The molecule has 0 aromatic carbocycles. The van der Waals surface area contributed by atoms with E-state index in [1.54, 1.807) is 7.05 Å². The maximum absolute atomic E-state index is 10.8. The molecule has 0 aromatic rings. The first-order valence-corrected chi connectivity index (χ1v) is 5.11. The Kier molecular flexibility index (Phi) is 6.28. The molecule has 0 aliphatic carbocycles. The first-order valence-electron chi connectivity index (χ1n) is 5.11. The number of nitrogens with one attached hydrogen (secondary N) is 2. The van der Waals surface area contributed by atoms with Crippen LogP contribution < -0.4 is 10.6 Å². The van der Waals surface area contributed by atoms with Crippen molar-refractivity contribution in [2.24, 2.45) is 0 Å². The lowest BCUT2D eigenvalue weighted by Crippen LogP contribution is -2.34. The van der Waals surface area contributed by atoms with E-state index in [9.17, 15) is 4.79 Å². The quantitative estimate of drug-likeness (QED) is 0.641. The molecule has 0 unspecified atom stereocenters. The van der Waals surface area contributed by atoms with Crippen molar-refractivity contribution in [1.29, 1.82) is 0 Å². The average molecular weight is 202 g/mol. The molecule has 2 N–H and O–H groups in total. The van der Waals surface area contributed by atoms with Crippen LogP contribution in [0.3, 0.4) is 0 Å². The fraction of sp³-hybridized carbons (Fsp3) is 0.900. The molecule has 0 aliphatic heterocycles. The Morgan fingerprint density at radius 3 is 2.57 bits per heavy atom. The Labute approximate surface area is 86.4 Å². The van der Waals surface area contributed by atoms with Crippen LogP contribution in [0.5, 0.6) is 0 Å². The lowest BCUT2D eigenvalue weighted by Gasteiger charge is -2.23. The molecule has 0 saturated carbocycles.